The first-order chi connectivity index (χ1) is 19.3. The molecule has 0 aliphatic carbocycles. The van der Waals surface area contributed by atoms with Gasteiger partial charge >= 0.3 is 19.9 Å². The maximum Gasteiger partial charge on any atom is 0.530 e. The normalized spacial score (nSPS) is 12.0. The predicted molar refractivity (Wildman–Crippen MR) is 152 cm³/mol. The largest absolute Gasteiger partial charge is 0.530 e. The zero-order valence-corrected chi connectivity index (χ0v) is 24.5. The number of carbonyl (C=O) groups excluding carboxylic acids is 1. The summed E-state index contributed by atoms with van der Waals surface area (Å²) in [5.74, 6) is -0.776. The highest BCUT2D eigenvalue weighted by Gasteiger charge is 2.30. The lowest BCUT2D eigenvalue weighted by atomic mass is 10.1. The molecule has 2 N–H and O–H groups in total. The second kappa shape index (κ2) is 18.3. The SMILES string of the molecule is CCCCOc1cc(C[C@H](NC(=O)OCc2ccccc2)C(=O)O)ccc1OP(=O)(OCCCC)OCCCC. The second-order valence-corrected chi connectivity index (χ2v) is 10.8. The Morgan fingerprint density at radius 2 is 1.48 bits per heavy atom. The molecule has 40 heavy (non-hydrogen) atoms. The van der Waals surface area contributed by atoms with Crippen molar-refractivity contribution in [2.24, 2.45) is 0 Å². The number of hydrogen-bond donors (Lipinski definition) is 2. The summed E-state index contributed by atoms with van der Waals surface area (Å²) in [6, 6.07) is 12.6. The van der Waals surface area contributed by atoms with Crippen molar-refractivity contribution < 1.29 is 42.3 Å². The topological polar surface area (TPSA) is 130 Å². The van der Waals surface area contributed by atoms with Crippen molar-refractivity contribution in [1.29, 1.82) is 0 Å². The molecular formula is C29H42NO9P. The van der Waals surface area contributed by atoms with Crippen LogP contribution in [0.4, 0.5) is 4.79 Å². The highest BCUT2D eigenvalue weighted by molar-refractivity contribution is 7.48. The smallest absolute Gasteiger partial charge is 0.490 e. The zero-order chi connectivity index (χ0) is 29.2. The minimum absolute atomic E-state index is 0.0151. The lowest BCUT2D eigenvalue weighted by Crippen LogP contribution is -2.42. The molecule has 222 valence electrons. The highest BCUT2D eigenvalue weighted by Crippen LogP contribution is 2.52. The minimum Gasteiger partial charge on any atom is -0.490 e. The summed E-state index contributed by atoms with van der Waals surface area (Å²) < 4.78 is 41.3. The third kappa shape index (κ3) is 12.4. The molecule has 0 spiro atoms. The van der Waals surface area contributed by atoms with Crippen LogP contribution in [0.25, 0.3) is 0 Å². The van der Waals surface area contributed by atoms with E-state index in [2.05, 4.69) is 5.32 Å². The molecule has 0 unspecified atom stereocenters. The van der Waals surface area contributed by atoms with Crippen molar-refractivity contribution in [1.82, 2.24) is 5.32 Å². The van der Waals surface area contributed by atoms with Crippen LogP contribution in [0.2, 0.25) is 0 Å². The number of phosphoric ester groups is 1. The van der Waals surface area contributed by atoms with E-state index < -0.39 is 25.9 Å². The van der Waals surface area contributed by atoms with Gasteiger partial charge in [0.1, 0.15) is 12.6 Å². The third-order valence-electron chi connectivity index (χ3n) is 5.71. The first-order valence-corrected chi connectivity index (χ1v) is 15.3. The van der Waals surface area contributed by atoms with E-state index in [9.17, 15) is 19.3 Å². The standard InChI is InChI=1S/C29H42NO9P/c1-4-7-17-35-27-21-24(15-16-26(27)39-40(34,37-18-8-5-2)38-19-9-6-3)20-25(28(31)32)30-29(33)36-22-23-13-11-10-12-14-23/h10-16,21,25H,4-9,17-20,22H2,1-3H3,(H,30,33)(H,31,32)/t25-/m0/s1. The van der Waals surface area contributed by atoms with Gasteiger partial charge in [0.05, 0.1) is 19.8 Å². The Morgan fingerprint density at radius 1 is 0.850 bits per heavy atom. The lowest BCUT2D eigenvalue weighted by molar-refractivity contribution is -0.139. The molecule has 2 aromatic rings. The molecule has 0 fully saturated rings. The van der Waals surface area contributed by atoms with Crippen LogP contribution in [0, 0.1) is 0 Å². The Balaban J connectivity index is 2.17. The van der Waals surface area contributed by atoms with Crippen molar-refractivity contribution in [3.8, 4) is 11.5 Å². The van der Waals surface area contributed by atoms with Crippen molar-refractivity contribution in [2.75, 3.05) is 19.8 Å². The van der Waals surface area contributed by atoms with Crippen LogP contribution in [0.5, 0.6) is 11.5 Å². The molecule has 0 heterocycles. The number of phosphoric acid groups is 1. The van der Waals surface area contributed by atoms with Gasteiger partial charge in [0.25, 0.3) is 0 Å². The Bertz CT molecular complexity index is 1070. The van der Waals surface area contributed by atoms with Crippen LogP contribution in [-0.2, 0) is 36.2 Å². The van der Waals surface area contributed by atoms with Gasteiger partial charge in [0.15, 0.2) is 11.5 Å². The van der Waals surface area contributed by atoms with Crippen LogP contribution < -0.4 is 14.6 Å². The molecule has 10 nitrogen and oxygen atoms in total. The van der Waals surface area contributed by atoms with E-state index in [0.29, 0.717) is 25.0 Å². The van der Waals surface area contributed by atoms with Crippen LogP contribution in [0.15, 0.2) is 48.5 Å². The van der Waals surface area contributed by atoms with Gasteiger partial charge in [-0.25, -0.2) is 14.2 Å². The number of ether oxygens (including phenoxy) is 2. The Kier molecular flexibility index (Phi) is 15.2. The van der Waals surface area contributed by atoms with Gasteiger partial charge in [-0.2, -0.15) is 0 Å². The maximum absolute atomic E-state index is 13.4. The van der Waals surface area contributed by atoms with Gasteiger partial charge < -0.3 is 24.4 Å². The molecule has 0 aliphatic rings. The molecular weight excluding hydrogens is 537 g/mol. The molecule has 0 saturated heterocycles. The van der Waals surface area contributed by atoms with Gasteiger partial charge in [-0.3, -0.25) is 9.05 Å². The summed E-state index contributed by atoms with van der Waals surface area (Å²) >= 11 is 0. The molecule has 0 saturated carbocycles. The quantitative estimate of drug-likeness (QED) is 0.127. The number of carboxylic acids is 1. The van der Waals surface area contributed by atoms with E-state index >= 15 is 0 Å². The Hall–Kier alpha value is -3.07. The number of benzene rings is 2. The van der Waals surface area contributed by atoms with E-state index in [1.54, 1.807) is 30.3 Å². The number of rotatable bonds is 20. The summed E-state index contributed by atoms with van der Waals surface area (Å²) in [5, 5.41) is 12.1. The van der Waals surface area contributed by atoms with E-state index in [0.717, 1.165) is 31.2 Å². The summed E-state index contributed by atoms with van der Waals surface area (Å²) in [7, 11) is -3.92. The van der Waals surface area contributed by atoms with Gasteiger partial charge in [-0.1, -0.05) is 76.4 Å². The molecule has 1 atom stereocenters. The number of unbranched alkanes of at least 4 members (excludes halogenated alkanes) is 3. The van der Waals surface area contributed by atoms with Crippen molar-refractivity contribution in [3.63, 3.8) is 0 Å². The molecule has 0 aromatic heterocycles. The first kappa shape index (κ1) is 33.1. The second-order valence-electron chi connectivity index (χ2n) is 9.20. The van der Waals surface area contributed by atoms with Crippen LogP contribution in [0.1, 0.15) is 70.4 Å². The number of amides is 1. The van der Waals surface area contributed by atoms with Crippen molar-refractivity contribution in [2.45, 2.75) is 78.4 Å². The van der Waals surface area contributed by atoms with Crippen molar-refractivity contribution >= 4 is 19.9 Å². The molecule has 0 bridgehead atoms. The van der Waals surface area contributed by atoms with E-state index in [-0.39, 0.29) is 37.7 Å². The van der Waals surface area contributed by atoms with E-state index in [1.807, 2.05) is 39.0 Å². The van der Waals surface area contributed by atoms with Crippen LogP contribution in [-0.4, -0.2) is 43.0 Å². The molecule has 2 rings (SSSR count). The Labute approximate surface area is 236 Å². The zero-order valence-electron chi connectivity index (χ0n) is 23.6. The molecule has 11 heteroatoms. The summed E-state index contributed by atoms with van der Waals surface area (Å²) in [6.45, 7) is 6.84. The van der Waals surface area contributed by atoms with Gasteiger partial charge in [0.2, 0.25) is 0 Å². The summed E-state index contributed by atoms with van der Waals surface area (Å²) in [4.78, 5) is 24.2. The monoisotopic (exact) mass is 579 g/mol. The van der Waals surface area contributed by atoms with Gasteiger partial charge in [-0.05, 0) is 42.5 Å². The third-order valence-corrected chi connectivity index (χ3v) is 7.13. The fourth-order valence-corrected chi connectivity index (χ4v) is 4.67. The van der Waals surface area contributed by atoms with Crippen molar-refractivity contribution in [3.05, 3.63) is 59.7 Å². The van der Waals surface area contributed by atoms with E-state index in [1.165, 1.54) is 0 Å². The van der Waals surface area contributed by atoms with Crippen LogP contribution in [0.3, 0.4) is 0 Å². The minimum atomic E-state index is -3.92. The van der Waals surface area contributed by atoms with E-state index in [4.69, 9.17) is 23.0 Å². The number of hydrogen-bond acceptors (Lipinski definition) is 8. The molecule has 0 radical (unpaired) electrons. The summed E-state index contributed by atoms with van der Waals surface area (Å²) in [5.41, 5.74) is 1.34. The first-order valence-electron chi connectivity index (χ1n) is 13.8. The fourth-order valence-electron chi connectivity index (χ4n) is 3.39. The average Bonchev–Trinajstić information content (AvgIpc) is 2.94. The highest BCUT2D eigenvalue weighted by atomic mass is 31.2. The number of carbonyl (C=O) groups is 2. The predicted octanol–water partition coefficient (Wildman–Crippen LogP) is 6.91. The lowest BCUT2D eigenvalue weighted by Gasteiger charge is -2.21. The number of aliphatic carboxylic acids is 1. The van der Waals surface area contributed by atoms with Gasteiger partial charge in [0, 0.05) is 6.42 Å². The molecule has 0 aliphatic heterocycles. The summed E-state index contributed by atoms with van der Waals surface area (Å²) in [6.07, 6.45) is 3.88. The molecule has 2 aromatic carbocycles. The average molecular weight is 580 g/mol. The number of nitrogens with one attached hydrogen (secondary N) is 1. The number of carboxylic acid groups (broad SMARTS) is 1. The molecule has 1 amide bonds. The number of alkyl carbamates (subject to hydrolysis) is 1. The van der Waals surface area contributed by atoms with Crippen LogP contribution >= 0.6 is 7.82 Å². The maximum atomic E-state index is 13.4. The fraction of sp³-hybridized carbons (Fsp3) is 0.517. The van der Waals surface area contributed by atoms with Gasteiger partial charge in [-0.15, -0.1) is 0 Å². The Morgan fingerprint density at radius 3 is 2.08 bits per heavy atom.